The van der Waals surface area contributed by atoms with Gasteiger partial charge in [-0.2, -0.15) is 0 Å². The first-order valence-electron chi connectivity index (χ1n) is 10.2. The lowest BCUT2D eigenvalue weighted by Gasteiger charge is -2.31. The van der Waals surface area contributed by atoms with Gasteiger partial charge >= 0.3 is 0 Å². The largest absolute Gasteiger partial charge is 0.486 e. The summed E-state index contributed by atoms with van der Waals surface area (Å²) in [6, 6.07) is 6.34. The first-order chi connectivity index (χ1) is 13.5. The highest BCUT2D eigenvalue weighted by Gasteiger charge is 2.20. The predicted molar refractivity (Wildman–Crippen MR) is 110 cm³/mol. The van der Waals surface area contributed by atoms with Crippen molar-refractivity contribution in [2.45, 2.75) is 46.1 Å². The first kappa shape index (κ1) is 22.0. The number of guanidine groups is 1. The van der Waals surface area contributed by atoms with Crippen LogP contribution >= 0.6 is 0 Å². The van der Waals surface area contributed by atoms with Crippen molar-refractivity contribution in [3.8, 4) is 5.75 Å². The van der Waals surface area contributed by atoms with Crippen LogP contribution in [0.15, 0.2) is 29.3 Å². The molecule has 1 aliphatic rings. The molecule has 28 heavy (non-hydrogen) atoms. The summed E-state index contributed by atoms with van der Waals surface area (Å²) in [6.45, 7) is 9.36. The maximum atomic E-state index is 13.7. The number of carbonyl (C=O) groups is 1. The molecule has 0 aromatic heterocycles. The van der Waals surface area contributed by atoms with Gasteiger partial charge in [0.25, 0.3) is 0 Å². The second-order valence-electron chi connectivity index (χ2n) is 7.34. The van der Waals surface area contributed by atoms with Gasteiger partial charge in [0.1, 0.15) is 6.10 Å². The van der Waals surface area contributed by atoms with E-state index in [4.69, 9.17) is 4.74 Å². The number of carbonyl (C=O) groups excluding carboxylic acids is 1. The number of piperidine rings is 1. The third kappa shape index (κ3) is 7.37. The summed E-state index contributed by atoms with van der Waals surface area (Å²) in [5.74, 6) is 1.25. The van der Waals surface area contributed by atoms with E-state index in [1.165, 1.54) is 12.5 Å². The molecule has 156 valence electrons. The number of para-hydroxylation sites is 1. The summed E-state index contributed by atoms with van der Waals surface area (Å²) < 4.78 is 19.3. The zero-order valence-electron chi connectivity index (χ0n) is 17.2. The SMILES string of the molecule is CCNC(=NCC(C)Oc1ccccc1F)NCCC(=O)N1CCCC(C)C1. The lowest BCUT2D eigenvalue weighted by molar-refractivity contribution is -0.132. The molecule has 2 rings (SSSR count). The van der Waals surface area contributed by atoms with E-state index in [0.717, 1.165) is 19.5 Å². The smallest absolute Gasteiger partial charge is 0.224 e. The number of likely N-dealkylation sites (tertiary alicyclic amines) is 1. The van der Waals surface area contributed by atoms with Gasteiger partial charge in [0.15, 0.2) is 17.5 Å². The van der Waals surface area contributed by atoms with Gasteiger partial charge in [0, 0.05) is 32.6 Å². The second-order valence-corrected chi connectivity index (χ2v) is 7.34. The minimum Gasteiger partial charge on any atom is -0.486 e. The van der Waals surface area contributed by atoms with Gasteiger partial charge in [0.05, 0.1) is 6.54 Å². The fourth-order valence-corrected chi connectivity index (χ4v) is 3.22. The van der Waals surface area contributed by atoms with Crippen molar-refractivity contribution in [3.63, 3.8) is 0 Å². The van der Waals surface area contributed by atoms with Gasteiger partial charge in [-0.3, -0.25) is 4.79 Å². The molecule has 1 aromatic rings. The Hall–Kier alpha value is -2.31. The Labute approximate surface area is 167 Å². The summed E-state index contributed by atoms with van der Waals surface area (Å²) in [6.07, 6.45) is 2.46. The normalized spacial score (nSPS) is 18.5. The van der Waals surface area contributed by atoms with E-state index < -0.39 is 0 Å². The number of nitrogens with zero attached hydrogens (tertiary/aromatic N) is 2. The highest BCUT2D eigenvalue weighted by atomic mass is 19.1. The fourth-order valence-electron chi connectivity index (χ4n) is 3.22. The van der Waals surface area contributed by atoms with Gasteiger partial charge in [-0.15, -0.1) is 0 Å². The molecule has 1 fully saturated rings. The summed E-state index contributed by atoms with van der Waals surface area (Å²) in [4.78, 5) is 18.8. The molecule has 7 heteroatoms. The number of ether oxygens (including phenoxy) is 1. The van der Waals surface area contributed by atoms with Gasteiger partial charge < -0.3 is 20.3 Å². The van der Waals surface area contributed by atoms with Crippen LogP contribution in [0.3, 0.4) is 0 Å². The quantitative estimate of drug-likeness (QED) is 0.527. The fraction of sp³-hybridized carbons (Fsp3) is 0.619. The molecule has 2 N–H and O–H groups in total. The Morgan fingerprint density at radius 3 is 2.89 bits per heavy atom. The Bertz CT molecular complexity index is 653. The third-order valence-corrected chi connectivity index (χ3v) is 4.66. The molecule has 1 aromatic carbocycles. The Morgan fingerprint density at radius 2 is 2.18 bits per heavy atom. The molecular weight excluding hydrogens is 359 g/mol. The molecule has 1 heterocycles. The maximum Gasteiger partial charge on any atom is 0.224 e. The van der Waals surface area contributed by atoms with Crippen LogP contribution in [0.1, 0.15) is 40.0 Å². The van der Waals surface area contributed by atoms with Gasteiger partial charge in [-0.05, 0) is 44.7 Å². The molecule has 1 amide bonds. The second kappa shape index (κ2) is 11.5. The van der Waals surface area contributed by atoms with Crippen LogP contribution in [0.5, 0.6) is 5.75 Å². The number of rotatable bonds is 8. The van der Waals surface area contributed by atoms with Crippen LogP contribution < -0.4 is 15.4 Å². The molecule has 1 aliphatic heterocycles. The van der Waals surface area contributed by atoms with E-state index in [-0.39, 0.29) is 23.6 Å². The molecule has 0 spiro atoms. The van der Waals surface area contributed by atoms with Crippen molar-refractivity contribution in [3.05, 3.63) is 30.1 Å². The van der Waals surface area contributed by atoms with E-state index >= 15 is 0 Å². The average molecular weight is 393 g/mol. The number of aliphatic imine (C=N–C) groups is 1. The number of amides is 1. The van der Waals surface area contributed by atoms with E-state index in [1.54, 1.807) is 18.2 Å². The topological polar surface area (TPSA) is 66.0 Å². The molecule has 0 bridgehead atoms. The van der Waals surface area contributed by atoms with Crippen LogP contribution in [0, 0.1) is 11.7 Å². The lowest BCUT2D eigenvalue weighted by atomic mass is 10.00. The van der Waals surface area contributed by atoms with Crippen LogP contribution in [-0.2, 0) is 4.79 Å². The summed E-state index contributed by atoms with van der Waals surface area (Å²) in [5, 5.41) is 6.35. The van der Waals surface area contributed by atoms with E-state index in [1.807, 2.05) is 18.7 Å². The molecule has 2 unspecified atom stereocenters. The van der Waals surface area contributed by atoms with Crippen molar-refractivity contribution >= 4 is 11.9 Å². The van der Waals surface area contributed by atoms with Crippen LogP contribution in [-0.4, -0.2) is 55.6 Å². The summed E-state index contributed by atoms with van der Waals surface area (Å²) >= 11 is 0. The highest BCUT2D eigenvalue weighted by molar-refractivity contribution is 5.81. The molecule has 6 nitrogen and oxygen atoms in total. The van der Waals surface area contributed by atoms with Crippen molar-refractivity contribution in [2.75, 3.05) is 32.7 Å². The summed E-state index contributed by atoms with van der Waals surface area (Å²) in [5.41, 5.74) is 0. The molecule has 0 aliphatic carbocycles. The van der Waals surface area contributed by atoms with Gasteiger partial charge in [-0.1, -0.05) is 19.1 Å². The van der Waals surface area contributed by atoms with E-state index in [0.29, 0.717) is 37.9 Å². The van der Waals surface area contributed by atoms with Crippen LogP contribution in [0.25, 0.3) is 0 Å². The third-order valence-electron chi connectivity index (χ3n) is 4.66. The number of nitrogens with one attached hydrogen (secondary N) is 2. The molecular formula is C21H33FN4O2. The minimum atomic E-state index is -0.381. The van der Waals surface area contributed by atoms with Crippen LogP contribution in [0.2, 0.25) is 0 Å². The monoisotopic (exact) mass is 392 g/mol. The number of hydrogen-bond acceptors (Lipinski definition) is 3. The lowest BCUT2D eigenvalue weighted by Crippen LogP contribution is -2.42. The van der Waals surface area contributed by atoms with E-state index in [2.05, 4.69) is 22.5 Å². The molecule has 2 atom stereocenters. The highest BCUT2D eigenvalue weighted by Crippen LogP contribution is 2.17. The Morgan fingerprint density at radius 1 is 1.39 bits per heavy atom. The zero-order chi connectivity index (χ0) is 20.4. The van der Waals surface area contributed by atoms with Crippen molar-refractivity contribution < 1.29 is 13.9 Å². The minimum absolute atomic E-state index is 0.186. The number of halogens is 1. The molecule has 0 saturated carbocycles. The molecule has 0 radical (unpaired) electrons. The maximum absolute atomic E-state index is 13.7. The van der Waals surface area contributed by atoms with E-state index in [9.17, 15) is 9.18 Å². The van der Waals surface area contributed by atoms with Crippen molar-refractivity contribution in [2.24, 2.45) is 10.9 Å². The summed E-state index contributed by atoms with van der Waals surface area (Å²) in [7, 11) is 0. The number of benzene rings is 1. The first-order valence-corrected chi connectivity index (χ1v) is 10.2. The Balaban J connectivity index is 1.78. The molecule has 1 saturated heterocycles. The average Bonchev–Trinajstić information content (AvgIpc) is 2.68. The predicted octanol–water partition coefficient (Wildman–Crippen LogP) is 2.80. The zero-order valence-corrected chi connectivity index (χ0v) is 17.2. The Kier molecular flexibility index (Phi) is 9.04. The van der Waals surface area contributed by atoms with Crippen molar-refractivity contribution in [1.82, 2.24) is 15.5 Å². The van der Waals surface area contributed by atoms with Crippen LogP contribution in [0.4, 0.5) is 4.39 Å². The van der Waals surface area contributed by atoms with Gasteiger partial charge in [-0.25, -0.2) is 9.38 Å². The standard InChI is InChI=1S/C21H33FN4O2/c1-4-23-21(24-12-11-20(27)26-13-7-8-16(2)15-26)25-14-17(3)28-19-10-6-5-9-18(19)22/h5-6,9-10,16-17H,4,7-8,11-15H2,1-3H3,(H2,23,24,25). The van der Waals surface area contributed by atoms with Crippen molar-refractivity contribution in [1.29, 1.82) is 0 Å². The van der Waals surface area contributed by atoms with Gasteiger partial charge in [0.2, 0.25) is 5.91 Å². The number of hydrogen-bond donors (Lipinski definition) is 2.